The SMILES string of the molecule is O=C(Cc1cccc(F)c1)NCc1cn[nH]c1. The van der Waals surface area contributed by atoms with Crippen LogP contribution >= 0.6 is 0 Å². The average molecular weight is 233 g/mol. The summed E-state index contributed by atoms with van der Waals surface area (Å²) in [5, 5.41) is 9.16. The fraction of sp³-hybridized carbons (Fsp3) is 0.167. The highest BCUT2D eigenvalue weighted by atomic mass is 19.1. The molecule has 0 aliphatic carbocycles. The van der Waals surface area contributed by atoms with Crippen molar-refractivity contribution < 1.29 is 9.18 Å². The van der Waals surface area contributed by atoms with Gasteiger partial charge in [0, 0.05) is 18.3 Å². The number of nitrogens with one attached hydrogen (secondary N) is 2. The van der Waals surface area contributed by atoms with E-state index in [0.717, 1.165) is 5.56 Å². The Balaban J connectivity index is 1.85. The Morgan fingerprint density at radius 2 is 2.29 bits per heavy atom. The second-order valence-electron chi connectivity index (χ2n) is 3.69. The molecule has 2 rings (SSSR count). The van der Waals surface area contributed by atoms with Crippen LogP contribution in [0.2, 0.25) is 0 Å². The zero-order valence-corrected chi connectivity index (χ0v) is 9.11. The van der Waals surface area contributed by atoms with Crippen molar-refractivity contribution >= 4 is 5.91 Å². The van der Waals surface area contributed by atoms with Gasteiger partial charge in [0.25, 0.3) is 0 Å². The summed E-state index contributed by atoms with van der Waals surface area (Å²) in [6, 6.07) is 6.03. The molecule has 5 heteroatoms. The summed E-state index contributed by atoms with van der Waals surface area (Å²) in [5.41, 5.74) is 1.56. The van der Waals surface area contributed by atoms with Crippen LogP contribution in [0.3, 0.4) is 0 Å². The first kappa shape index (κ1) is 11.3. The van der Waals surface area contributed by atoms with E-state index in [4.69, 9.17) is 0 Å². The smallest absolute Gasteiger partial charge is 0.224 e. The van der Waals surface area contributed by atoms with Crippen LogP contribution in [0.25, 0.3) is 0 Å². The van der Waals surface area contributed by atoms with Crippen LogP contribution in [0.5, 0.6) is 0 Å². The van der Waals surface area contributed by atoms with Crippen molar-refractivity contribution in [2.75, 3.05) is 0 Å². The normalized spacial score (nSPS) is 10.2. The van der Waals surface area contributed by atoms with E-state index in [1.54, 1.807) is 24.5 Å². The molecule has 0 aliphatic heterocycles. The largest absolute Gasteiger partial charge is 0.352 e. The molecule has 1 aromatic heterocycles. The molecule has 17 heavy (non-hydrogen) atoms. The maximum absolute atomic E-state index is 12.9. The van der Waals surface area contributed by atoms with E-state index in [0.29, 0.717) is 12.1 Å². The number of rotatable bonds is 4. The van der Waals surface area contributed by atoms with Gasteiger partial charge in [0.2, 0.25) is 5.91 Å². The molecule has 0 spiro atoms. The molecule has 2 aromatic rings. The Bertz CT molecular complexity index is 496. The molecule has 0 bridgehead atoms. The van der Waals surface area contributed by atoms with Gasteiger partial charge in [-0.15, -0.1) is 0 Å². The summed E-state index contributed by atoms with van der Waals surface area (Å²) >= 11 is 0. The third-order valence-corrected chi connectivity index (χ3v) is 2.30. The van der Waals surface area contributed by atoms with Gasteiger partial charge in [-0.1, -0.05) is 12.1 Å². The molecule has 0 unspecified atom stereocenters. The van der Waals surface area contributed by atoms with E-state index >= 15 is 0 Å². The van der Waals surface area contributed by atoms with Gasteiger partial charge >= 0.3 is 0 Å². The predicted molar refractivity (Wildman–Crippen MR) is 60.5 cm³/mol. The number of nitrogens with zero attached hydrogens (tertiary/aromatic N) is 1. The van der Waals surface area contributed by atoms with Crippen LogP contribution in [0.4, 0.5) is 4.39 Å². The van der Waals surface area contributed by atoms with E-state index < -0.39 is 0 Å². The highest BCUT2D eigenvalue weighted by molar-refractivity contribution is 5.78. The Morgan fingerprint density at radius 3 is 3.00 bits per heavy atom. The van der Waals surface area contributed by atoms with Crippen LogP contribution in [-0.4, -0.2) is 16.1 Å². The fourth-order valence-corrected chi connectivity index (χ4v) is 1.47. The maximum atomic E-state index is 12.9. The first-order valence-corrected chi connectivity index (χ1v) is 5.23. The molecule has 0 fully saturated rings. The number of carbonyl (C=O) groups excluding carboxylic acids is 1. The van der Waals surface area contributed by atoms with Gasteiger partial charge in [0.05, 0.1) is 12.6 Å². The molecule has 1 heterocycles. The summed E-state index contributed by atoms with van der Waals surface area (Å²) < 4.78 is 12.9. The number of carbonyl (C=O) groups is 1. The molecule has 0 saturated carbocycles. The summed E-state index contributed by atoms with van der Waals surface area (Å²) in [6.07, 6.45) is 3.53. The van der Waals surface area contributed by atoms with Crippen molar-refractivity contribution in [3.63, 3.8) is 0 Å². The van der Waals surface area contributed by atoms with Gasteiger partial charge in [-0.05, 0) is 17.7 Å². The molecular weight excluding hydrogens is 221 g/mol. The van der Waals surface area contributed by atoms with E-state index in [-0.39, 0.29) is 18.1 Å². The number of H-pyrrole nitrogens is 1. The highest BCUT2D eigenvalue weighted by Gasteiger charge is 2.04. The number of hydrogen-bond acceptors (Lipinski definition) is 2. The van der Waals surface area contributed by atoms with Crippen molar-refractivity contribution in [1.29, 1.82) is 0 Å². The summed E-state index contributed by atoms with van der Waals surface area (Å²) in [6.45, 7) is 0.421. The lowest BCUT2D eigenvalue weighted by Gasteiger charge is -2.03. The summed E-state index contributed by atoms with van der Waals surface area (Å²) in [4.78, 5) is 11.6. The Hall–Kier alpha value is -2.17. The molecule has 0 atom stereocenters. The van der Waals surface area contributed by atoms with Gasteiger partial charge in [-0.25, -0.2) is 4.39 Å². The average Bonchev–Trinajstić information content (AvgIpc) is 2.79. The van der Waals surface area contributed by atoms with Gasteiger partial charge < -0.3 is 5.32 Å². The number of aromatic amines is 1. The van der Waals surface area contributed by atoms with Gasteiger partial charge in [0.15, 0.2) is 0 Å². The minimum Gasteiger partial charge on any atom is -0.352 e. The van der Waals surface area contributed by atoms with E-state index in [9.17, 15) is 9.18 Å². The number of amides is 1. The van der Waals surface area contributed by atoms with Gasteiger partial charge in [0.1, 0.15) is 5.82 Å². The number of hydrogen-bond donors (Lipinski definition) is 2. The molecule has 0 aliphatic rings. The minimum absolute atomic E-state index is 0.142. The highest BCUT2D eigenvalue weighted by Crippen LogP contribution is 2.04. The first-order chi connectivity index (χ1) is 8.24. The van der Waals surface area contributed by atoms with Crippen molar-refractivity contribution in [1.82, 2.24) is 15.5 Å². The molecule has 1 aromatic carbocycles. The third kappa shape index (κ3) is 3.41. The van der Waals surface area contributed by atoms with Crippen LogP contribution in [-0.2, 0) is 17.8 Å². The third-order valence-electron chi connectivity index (χ3n) is 2.30. The maximum Gasteiger partial charge on any atom is 0.224 e. The van der Waals surface area contributed by atoms with Crippen molar-refractivity contribution in [3.8, 4) is 0 Å². The standard InChI is InChI=1S/C12H12FN3O/c13-11-3-1-2-9(4-11)5-12(17)14-6-10-7-15-16-8-10/h1-4,7-8H,5-6H2,(H,14,17)(H,15,16). The molecule has 88 valence electrons. The number of benzene rings is 1. The second-order valence-corrected chi connectivity index (χ2v) is 3.69. The number of halogens is 1. The van der Waals surface area contributed by atoms with Crippen molar-refractivity contribution in [2.45, 2.75) is 13.0 Å². The molecular formula is C12H12FN3O. The lowest BCUT2D eigenvalue weighted by atomic mass is 10.1. The Morgan fingerprint density at radius 1 is 1.41 bits per heavy atom. The topological polar surface area (TPSA) is 57.8 Å². The fourth-order valence-electron chi connectivity index (χ4n) is 1.47. The minimum atomic E-state index is -0.329. The monoisotopic (exact) mass is 233 g/mol. The zero-order valence-electron chi connectivity index (χ0n) is 9.11. The Labute approximate surface area is 97.9 Å². The van der Waals surface area contributed by atoms with E-state index in [1.807, 2.05) is 0 Å². The van der Waals surface area contributed by atoms with Crippen LogP contribution in [0.1, 0.15) is 11.1 Å². The van der Waals surface area contributed by atoms with Crippen LogP contribution in [0.15, 0.2) is 36.7 Å². The van der Waals surface area contributed by atoms with Gasteiger partial charge in [-0.2, -0.15) is 5.10 Å². The molecule has 4 nitrogen and oxygen atoms in total. The van der Waals surface area contributed by atoms with Crippen LogP contribution < -0.4 is 5.32 Å². The van der Waals surface area contributed by atoms with Crippen LogP contribution in [0, 0.1) is 5.82 Å². The molecule has 0 saturated heterocycles. The lowest BCUT2D eigenvalue weighted by Crippen LogP contribution is -2.24. The predicted octanol–water partition coefficient (Wildman–Crippen LogP) is 1.41. The molecule has 2 N–H and O–H groups in total. The quantitative estimate of drug-likeness (QED) is 0.838. The zero-order chi connectivity index (χ0) is 12.1. The molecule has 1 amide bonds. The van der Waals surface area contributed by atoms with Crippen molar-refractivity contribution in [2.24, 2.45) is 0 Å². The Kier molecular flexibility index (Phi) is 3.49. The molecule has 0 radical (unpaired) electrons. The first-order valence-electron chi connectivity index (χ1n) is 5.23. The van der Waals surface area contributed by atoms with E-state index in [1.165, 1.54) is 12.1 Å². The number of aromatic nitrogens is 2. The summed E-state index contributed by atoms with van der Waals surface area (Å²) in [5.74, 6) is -0.470. The summed E-state index contributed by atoms with van der Waals surface area (Å²) in [7, 11) is 0. The van der Waals surface area contributed by atoms with Crippen molar-refractivity contribution in [3.05, 3.63) is 53.6 Å². The van der Waals surface area contributed by atoms with E-state index in [2.05, 4.69) is 15.5 Å². The lowest BCUT2D eigenvalue weighted by molar-refractivity contribution is -0.120. The second kappa shape index (κ2) is 5.25. The van der Waals surface area contributed by atoms with Gasteiger partial charge in [-0.3, -0.25) is 9.89 Å².